The largest absolute Gasteiger partial charge is 0.481 e. The molecular weight excluding hydrogens is 282 g/mol. The normalized spacial score (nSPS) is 12.2. The van der Waals surface area contributed by atoms with Crippen LogP contribution in [0.15, 0.2) is 42.5 Å². The zero-order chi connectivity index (χ0) is 16.2. The molecule has 0 aliphatic rings. The number of aliphatic carboxylic acids is 1. The number of hydrogen-bond acceptors (Lipinski definition) is 3. The lowest BCUT2D eigenvalue weighted by Crippen LogP contribution is -2.38. The summed E-state index contributed by atoms with van der Waals surface area (Å²) in [4.78, 5) is 22.1. The van der Waals surface area contributed by atoms with Gasteiger partial charge in [0.1, 0.15) is 0 Å². The number of aliphatic hydroxyl groups excluding tert-OH is 1. The molecule has 0 radical (unpaired) electrons. The van der Waals surface area contributed by atoms with Crippen molar-refractivity contribution in [1.82, 2.24) is 5.32 Å². The molecule has 0 aliphatic carbocycles. The second-order valence-corrected chi connectivity index (χ2v) is 5.12. The van der Waals surface area contributed by atoms with E-state index < -0.39 is 5.97 Å². The van der Waals surface area contributed by atoms with Gasteiger partial charge in [-0.3, -0.25) is 9.59 Å². The van der Waals surface area contributed by atoms with E-state index in [-0.39, 0.29) is 25.0 Å². The standard InChI is InChI=1S/C17H23NO4/c19-13-15(12-14-8-4-3-5-9-14)18-16(20)10-6-1-2-7-11-17(21)22/h3-6,8-10,15,19H,1-2,7,11-13H2,(H,18,20)(H,21,22). The zero-order valence-corrected chi connectivity index (χ0v) is 12.6. The molecule has 1 amide bonds. The Bertz CT molecular complexity index is 485. The molecule has 5 nitrogen and oxygen atoms in total. The zero-order valence-electron chi connectivity index (χ0n) is 12.6. The number of unbranched alkanes of at least 4 members (excludes halogenated alkanes) is 2. The van der Waals surface area contributed by atoms with Crippen LogP contribution in [0.3, 0.4) is 0 Å². The number of hydrogen-bond donors (Lipinski definition) is 3. The first kappa shape index (κ1) is 17.9. The lowest BCUT2D eigenvalue weighted by Gasteiger charge is -2.15. The first-order valence-electron chi connectivity index (χ1n) is 7.45. The minimum absolute atomic E-state index is 0.118. The van der Waals surface area contributed by atoms with E-state index >= 15 is 0 Å². The van der Waals surface area contributed by atoms with Crippen LogP contribution in [0.1, 0.15) is 31.2 Å². The van der Waals surface area contributed by atoms with Crippen molar-refractivity contribution in [3.63, 3.8) is 0 Å². The first-order valence-corrected chi connectivity index (χ1v) is 7.45. The summed E-state index contributed by atoms with van der Waals surface area (Å²) in [7, 11) is 0. The third-order valence-corrected chi connectivity index (χ3v) is 3.17. The van der Waals surface area contributed by atoms with E-state index in [4.69, 9.17) is 5.11 Å². The van der Waals surface area contributed by atoms with Gasteiger partial charge in [-0.15, -0.1) is 0 Å². The minimum Gasteiger partial charge on any atom is -0.481 e. The van der Waals surface area contributed by atoms with E-state index in [2.05, 4.69) is 5.32 Å². The maximum absolute atomic E-state index is 11.7. The van der Waals surface area contributed by atoms with Gasteiger partial charge in [0.25, 0.3) is 0 Å². The van der Waals surface area contributed by atoms with Gasteiger partial charge < -0.3 is 15.5 Å². The van der Waals surface area contributed by atoms with E-state index in [1.165, 1.54) is 6.08 Å². The van der Waals surface area contributed by atoms with E-state index in [0.29, 0.717) is 19.3 Å². The smallest absolute Gasteiger partial charge is 0.303 e. The molecule has 0 fully saturated rings. The molecule has 0 saturated carbocycles. The second-order valence-electron chi connectivity index (χ2n) is 5.12. The summed E-state index contributed by atoms with van der Waals surface area (Å²) >= 11 is 0. The molecule has 5 heteroatoms. The van der Waals surface area contributed by atoms with Crippen molar-refractivity contribution < 1.29 is 19.8 Å². The quantitative estimate of drug-likeness (QED) is 0.455. The molecule has 22 heavy (non-hydrogen) atoms. The van der Waals surface area contributed by atoms with Crippen LogP contribution in [0.5, 0.6) is 0 Å². The highest BCUT2D eigenvalue weighted by atomic mass is 16.4. The van der Waals surface area contributed by atoms with Gasteiger partial charge in [-0.05, 0) is 37.3 Å². The lowest BCUT2D eigenvalue weighted by atomic mass is 10.1. The van der Waals surface area contributed by atoms with E-state index in [9.17, 15) is 14.7 Å². The summed E-state index contributed by atoms with van der Waals surface area (Å²) in [6, 6.07) is 9.35. The number of rotatable bonds is 10. The van der Waals surface area contributed by atoms with E-state index in [1.807, 2.05) is 30.3 Å². The predicted molar refractivity (Wildman–Crippen MR) is 84.4 cm³/mol. The van der Waals surface area contributed by atoms with Gasteiger partial charge in [-0.2, -0.15) is 0 Å². The van der Waals surface area contributed by atoms with Gasteiger partial charge in [-0.1, -0.05) is 36.4 Å². The number of carbonyl (C=O) groups is 2. The van der Waals surface area contributed by atoms with E-state index in [1.54, 1.807) is 6.08 Å². The number of nitrogens with one attached hydrogen (secondary N) is 1. The van der Waals surface area contributed by atoms with Crippen LogP contribution in [0, 0.1) is 0 Å². The molecule has 3 N–H and O–H groups in total. The Morgan fingerprint density at radius 1 is 1.18 bits per heavy atom. The fourth-order valence-corrected chi connectivity index (χ4v) is 2.04. The van der Waals surface area contributed by atoms with Crippen LogP contribution < -0.4 is 5.32 Å². The number of amides is 1. The average Bonchev–Trinajstić information content (AvgIpc) is 2.50. The molecule has 0 aromatic heterocycles. The monoisotopic (exact) mass is 305 g/mol. The molecular formula is C17H23NO4. The Labute approximate surface area is 130 Å². The minimum atomic E-state index is -0.798. The van der Waals surface area contributed by atoms with Crippen molar-refractivity contribution in [3.05, 3.63) is 48.0 Å². The summed E-state index contributed by atoms with van der Waals surface area (Å²) in [5.41, 5.74) is 1.06. The summed E-state index contributed by atoms with van der Waals surface area (Å²) in [6.45, 7) is -0.118. The fourth-order valence-electron chi connectivity index (χ4n) is 2.04. The van der Waals surface area contributed by atoms with Crippen molar-refractivity contribution in [1.29, 1.82) is 0 Å². The first-order chi connectivity index (χ1) is 10.6. The molecule has 0 heterocycles. The van der Waals surface area contributed by atoms with Crippen LogP contribution >= 0.6 is 0 Å². The van der Waals surface area contributed by atoms with Crippen LogP contribution in [-0.4, -0.2) is 34.7 Å². The third kappa shape index (κ3) is 8.21. The molecule has 1 unspecified atom stereocenters. The molecule has 1 atom stereocenters. The number of allylic oxidation sites excluding steroid dienone is 1. The van der Waals surface area contributed by atoms with Crippen molar-refractivity contribution in [2.24, 2.45) is 0 Å². The van der Waals surface area contributed by atoms with Crippen LogP contribution in [0.25, 0.3) is 0 Å². The number of carbonyl (C=O) groups excluding carboxylic acids is 1. The van der Waals surface area contributed by atoms with Gasteiger partial charge in [0.2, 0.25) is 5.91 Å². The van der Waals surface area contributed by atoms with Gasteiger partial charge >= 0.3 is 5.97 Å². The Kier molecular flexibility index (Phi) is 8.60. The van der Waals surface area contributed by atoms with Gasteiger partial charge in [0, 0.05) is 6.42 Å². The van der Waals surface area contributed by atoms with Gasteiger partial charge in [-0.25, -0.2) is 0 Å². The molecule has 0 saturated heterocycles. The van der Waals surface area contributed by atoms with Crippen molar-refractivity contribution in [2.75, 3.05) is 6.61 Å². The maximum atomic E-state index is 11.7. The van der Waals surface area contributed by atoms with Gasteiger partial charge in [0.05, 0.1) is 12.6 Å². The van der Waals surface area contributed by atoms with Gasteiger partial charge in [0.15, 0.2) is 0 Å². The third-order valence-electron chi connectivity index (χ3n) is 3.17. The molecule has 0 aliphatic heterocycles. The second kappa shape index (κ2) is 10.6. The summed E-state index contributed by atoms with van der Waals surface area (Å²) in [5.74, 6) is -1.04. The van der Waals surface area contributed by atoms with Crippen molar-refractivity contribution >= 4 is 11.9 Å². The molecule has 0 bridgehead atoms. The molecule has 0 spiro atoms. The van der Waals surface area contributed by atoms with Crippen LogP contribution in [0.4, 0.5) is 0 Å². The highest BCUT2D eigenvalue weighted by Crippen LogP contribution is 2.03. The van der Waals surface area contributed by atoms with Crippen molar-refractivity contribution in [3.8, 4) is 0 Å². The lowest BCUT2D eigenvalue weighted by molar-refractivity contribution is -0.137. The topological polar surface area (TPSA) is 86.6 Å². The van der Waals surface area contributed by atoms with Crippen LogP contribution in [-0.2, 0) is 16.0 Å². The number of aliphatic hydroxyl groups is 1. The van der Waals surface area contributed by atoms with Crippen LogP contribution in [0.2, 0.25) is 0 Å². The predicted octanol–water partition coefficient (Wildman–Crippen LogP) is 1.91. The molecule has 1 rings (SSSR count). The average molecular weight is 305 g/mol. The summed E-state index contributed by atoms with van der Waals surface area (Å²) in [6.07, 6.45) is 5.92. The number of benzene rings is 1. The summed E-state index contributed by atoms with van der Waals surface area (Å²) in [5, 5.41) is 20.6. The molecule has 1 aromatic carbocycles. The Balaban J connectivity index is 2.28. The summed E-state index contributed by atoms with van der Waals surface area (Å²) < 4.78 is 0. The highest BCUT2D eigenvalue weighted by molar-refractivity contribution is 5.87. The van der Waals surface area contributed by atoms with E-state index in [0.717, 1.165) is 12.0 Å². The Morgan fingerprint density at radius 3 is 2.55 bits per heavy atom. The SMILES string of the molecule is O=C(O)CCCCC=CC(=O)NC(CO)Cc1ccccc1. The molecule has 120 valence electrons. The Morgan fingerprint density at radius 2 is 1.91 bits per heavy atom. The Hall–Kier alpha value is -2.14. The maximum Gasteiger partial charge on any atom is 0.303 e. The fraction of sp³-hybridized carbons (Fsp3) is 0.412. The number of carboxylic acids is 1. The number of carboxylic acid groups (broad SMARTS) is 1. The highest BCUT2D eigenvalue weighted by Gasteiger charge is 2.10. The van der Waals surface area contributed by atoms with Crippen molar-refractivity contribution in [2.45, 2.75) is 38.1 Å². The molecule has 1 aromatic rings.